The summed E-state index contributed by atoms with van der Waals surface area (Å²) in [5.41, 5.74) is 0.867. The van der Waals surface area contributed by atoms with Crippen LogP contribution in [-0.2, 0) is 11.2 Å². The van der Waals surface area contributed by atoms with Gasteiger partial charge in [-0.25, -0.2) is 0 Å². The molecule has 0 aliphatic rings. The Balaban J connectivity index is 2.29. The van der Waals surface area contributed by atoms with E-state index in [-0.39, 0.29) is 12.2 Å². The van der Waals surface area contributed by atoms with Crippen LogP contribution in [0.1, 0.15) is 19.2 Å². The molecular weight excluding hydrogens is 204 g/mol. The predicted octanol–water partition coefficient (Wildman–Crippen LogP) is 1.18. The van der Waals surface area contributed by atoms with Gasteiger partial charge in [0.25, 0.3) is 0 Å². The zero-order valence-corrected chi connectivity index (χ0v) is 9.00. The number of benzene rings is 1. The minimum atomic E-state index is 0.131. The van der Waals surface area contributed by atoms with Crippen LogP contribution in [0.5, 0.6) is 0 Å². The lowest BCUT2D eigenvalue weighted by molar-refractivity contribution is -0.118. The first kappa shape index (κ1) is 10.5. The van der Waals surface area contributed by atoms with Crippen molar-refractivity contribution < 1.29 is 4.79 Å². The first-order chi connectivity index (χ1) is 7.81. The van der Waals surface area contributed by atoms with Gasteiger partial charge in [-0.3, -0.25) is 4.79 Å². The van der Waals surface area contributed by atoms with Crippen LogP contribution in [0.25, 0.3) is 5.69 Å². The first-order valence-corrected chi connectivity index (χ1v) is 5.15. The van der Waals surface area contributed by atoms with Crippen LogP contribution in [-0.4, -0.2) is 26.0 Å². The number of hydrogen-bond acceptors (Lipinski definition) is 4. The summed E-state index contributed by atoms with van der Waals surface area (Å²) in [5, 5.41) is 11.3. The highest BCUT2D eigenvalue weighted by atomic mass is 16.1. The zero-order chi connectivity index (χ0) is 11.4. The maximum atomic E-state index is 11.4. The number of aromatic nitrogens is 4. The van der Waals surface area contributed by atoms with E-state index in [9.17, 15) is 4.79 Å². The molecule has 0 N–H and O–H groups in total. The summed E-state index contributed by atoms with van der Waals surface area (Å²) in [6.45, 7) is 1.83. The molecule has 0 saturated carbocycles. The van der Waals surface area contributed by atoms with Gasteiger partial charge in [-0.1, -0.05) is 25.1 Å². The Bertz CT molecular complexity index is 478. The average Bonchev–Trinajstić information content (AvgIpc) is 2.78. The Kier molecular flexibility index (Phi) is 3.05. The van der Waals surface area contributed by atoms with Crippen molar-refractivity contribution in [3.63, 3.8) is 0 Å². The summed E-state index contributed by atoms with van der Waals surface area (Å²) >= 11 is 0. The lowest BCUT2D eigenvalue weighted by Gasteiger charge is -2.02. The molecule has 2 aromatic rings. The molecule has 0 atom stereocenters. The number of carbonyl (C=O) groups is 1. The highest BCUT2D eigenvalue weighted by Gasteiger charge is 2.10. The number of para-hydroxylation sites is 1. The zero-order valence-electron chi connectivity index (χ0n) is 9.00. The molecule has 0 amide bonds. The summed E-state index contributed by atoms with van der Waals surface area (Å²) in [6, 6.07) is 9.53. The Labute approximate surface area is 93.1 Å². The van der Waals surface area contributed by atoms with Gasteiger partial charge in [0.1, 0.15) is 5.78 Å². The number of nitrogens with zero attached hydrogens (tertiary/aromatic N) is 4. The van der Waals surface area contributed by atoms with Crippen molar-refractivity contribution in [1.82, 2.24) is 20.2 Å². The van der Waals surface area contributed by atoms with Crippen LogP contribution in [0.2, 0.25) is 0 Å². The molecule has 82 valence electrons. The smallest absolute Gasteiger partial charge is 0.164 e. The Morgan fingerprint density at radius 1 is 1.31 bits per heavy atom. The van der Waals surface area contributed by atoms with Gasteiger partial charge < -0.3 is 0 Å². The van der Waals surface area contributed by atoms with Gasteiger partial charge in [0, 0.05) is 6.42 Å². The predicted molar refractivity (Wildman–Crippen MR) is 58.2 cm³/mol. The molecule has 1 aromatic carbocycles. The van der Waals surface area contributed by atoms with Crippen LogP contribution in [0.4, 0.5) is 0 Å². The van der Waals surface area contributed by atoms with Crippen LogP contribution in [0.15, 0.2) is 30.3 Å². The maximum absolute atomic E-state index is 11.4. The Hall–Kier alpha value is -2.04. The quantitative estimate of drug-likeness (QED) is 0.770. The van der Waals surface area contributed by atoms with Crippen molar-refractivity contribution in [2.75, 3.05) is 0 Å². The van der Waals surface area contributed by atoms with E-state index >= 15 is 0 Å². The fourth-order valence-corrected chi connectivity index (χ4v) is 1.39. The third kappa shape index (κ3) is 2.13. The van der Waals surface area contributed by atoms with Crippen molar-refractivity contribution in [3.05, 3.63) is 36.2 Å². The molecule has 1 aromatic heterocycles. The molecule has 0 fully saturated rings. The summed E-state index contributed by atoms with van der Waals surface area (Å²) in [7, 11) is 0. The number of hydrogen-bond donors (Lipinski definition) is 0. The van der Waals surface area contributed by atoms with E-state index in [0.29, 0.717) is 12.2 Å². The van der Waals surface area contributed by atoms with Gasteiger partial charge in [-0.15, -0.1) is 5.10 Å². The third-order valence-corrected chi connectivity index (χ3v) is 2.28. The molecule has 0 bridgehead atoms. The number of carbonyl (C=O) groups excluding carboxylic acids is 1. The average molecular weight is 216 g/mol. The van der Waals surface area contributed by atoms with E-state index < -0.39 is 0 Å². The third-order valence-electron chi connectivity index (χ3n) is 2.28. The van der Waals surface area contributed by atoms with Crippen molar-refractivity contribution in [3.8, 4) is 5.69 Å². The SMILES string of the molecule is CCC(=O)Cc1nnnn1-c1ccccc1. The topological polar surface area (TPSA) is 60.7 Å². The van der Waals surface area contributed by atoms with Gasteiger partial charge in [0.15, 0.2) is 5.82 Å². The fourth-order valence-electron chi connectivity index (χ4n) is 1.39. The first-order valence-electron chi connectivity index (χ1n) is 5.15. The molecule has 0 unspecified atom stereocenters. The lowest BCUT2D eigenvalue weighted by Crippen LogP contribution is -2.08. The van der Waals surface area contributed by atoms with Crippen molar-refractivity contribution >= 4 is 5.78 Å². The molecule has 2 rings (SSSR count). The number of tetrazole rings is 1. The molecule has 1 heterocycles. The normalized spacial score (nSPS) is 10.3. The largest absolute Gasteiger partial charge is 0.299 e. The highest BCUT2D eigenvalue weighted by Crippen LogP contribution is 2.07. The molecular formula is C11H12N4O. The minimum Gasteiger partial charge on any atom is -0.299 e. The van der Waals surface area contributed by atoms with Gasteiger partial charge >= 0.3 is 0 Å². The van der Waals surface area contributed by atoms with Crippen molar-refractivity contribution in [1.29, 1.82) is 0 Å². The summed E-state index contributed by atoms with van der Waals surface area (Å²) in [6.07, 6.45) is 0.778. The van der Waals surface area contributed by atoms with E-state index in [1.165, 1.54) is 0 Å². The second kappa shape index (κ2) is 4.65. The van der Waals surface area contributed by atoms with Crippen molar-refractivity contribution in [2.24, 2.45) is 0 Å². The molecule has 0 spiro atoms. The standard InChI is InChI=1S/C11H12N4O/c1-2-10(16)8-11-12-13-14-15(11)9-6-4-3-5-7-9/h3-7H,2,8H2,1H3. The van der Waals surface area contributed by atoms with Crippen LogP contribution in [0, 0.1) is 0 Å². The Morgan fingerprint density at radius 2 is 2.06 bits per heavy atom. The number of ketones is 1. The molecule has 0 saturated heterocycles. The summed E-state index contributed by atoms with van der Waals surface area (Å²) < 4.78 is 1.59. The van der Waals surface area contributed by atoms with Crippen LogP contribution < -0.4 is 0 Å². The van der Waals surface area contributed by atoms with E-state index in [1.54, 1.807) is 4.68 Å². The van der Waals surface area contributed by atoms with E-state index in [0.717, 1.165) is 5.69 Å². The molecule has 0 radical (unpaired) electrons. The molecule has 5 heteroatoms. The van der Waals surface area contributed by atoms with Crippen LogP contribution >= 0.6 is 0 Å². The second-order valence-electron chi connectivity index (χ2n) is 3.41. The molecule has 0 aliphatic carbocycles. The minimum absolute atomic E-state index is 0.131. The summed E-state index contributed by atoms with van der Waals surface area (Å²) in [5.74, 6) is 0.713. The molecule has 16 heavy (non-hydrogen) atoms. The van der Waals surface area contributed by atoms with Gasteiger partial charge in [-0.2, -0.15) is 4.68 Å². The number of rotatable bonds is 4. The number of Topliss-reactive ketones (excluding diaryl/α,β-unsaturated/α-hetero) is 1. The monoisotopic (exact) mass is 216 g/mol. The lowest BCUT2D eigenvalue weighted by atomic mass is 10.2. The maximum Gasteiger partial charge on any atom is 0.164 e. The van der Waals surface area contributed by atoms with E-state index in [4.69, 9.17) is 0 Å². The highest BCUT2D eigenvalue weighted by molar-refractivity contribution is 5.79. The summed E-state index contributed by atoms with van der Waals surface area (Å²) in [4.78, 5) is 11.4. The molecule has 0 aliphatic heterocycles. The van der Waals surface area contributed by atoms with Gasteiger partial charge in [-0.05, 0) is 22.6 Å². The van der Waals surface area contributed by atoms with Crippen LogP contribution in [0.3, 0.4) is 0 Å². The van der Waals surface area contributed by atoms with E-state index in [2.05, 4.69) is 15.5 Å². The Morgan fingerprint density at radius 3 is 2.75 bits per heavy atom. The molecule has 5 nitrogen and oxygen atoms in total. The van der Waals surface area contributed by atoms with E-state index in [1.807, 2.05) is 37.3 Å². The fraction of sp³-hybridized carbons (Fsp3) is 0.273. The van der Waals surface area contributed by atoms with Gasteiger partial charge in [0.2, 0.25) is 0 Å². The second-order valence-corrected chi connectivity index (χ2v) is 3.41. The van der Waals surface area contributed by atoms with Crippen molar-refractivity contribution in [2.45, 2.75) is 19.8 Å². The van der Waals surface area contributed by atoms with Gasteiger partial charge in [0.05, 0.1) is 12.1 Å².